The Bertz CT molecular complexity index is 1170. The van der Waals surface area contributed by atoms with Gasteiger partial charge in [0.05, 0.1) is 21.9 Å². The molecule has 1 aliphatic heterocycles. The van der Waals surface area contributed by atoms with Crippen LogP contribution >= 0.6 is 11.6 Å². The molecule has 2 fully saturated rings. The highest BCUT2D eigenvalue weighted by Gasteiger charge is 2.37. The second kappa shape index (κ2) is 11.4. The molecule has 1 aromatic carbocycles. The van der Waals surface area contributed by atoms with E-state index in [0.29, 0.717) is 21.7 Å². The number of aryl methyl sites for hydroxylation is 2. The molecule has 0 bridgehead atoms. The molecular weight excluding hydrogens is 458 g/mol. The molecule has 0 amide bonds. The van der Waals surface area contributed by atoms with E-state index in [1.807, 2.05) is 53.9 Å². The summed E-state index contributed by atoms with van der Waals surface area (Å²) in [5.74, 6) is 1.12. The number of benzene rings is 1. The Morgan fingerprint density at radius 2 is 1.66 bits per heavy atom. The number of hydrogen-bond donors (Lipinski definition) is 2. The molecule has 1 saturated heterocycles. The number of hydrogen-bond acceptors (Lipinski definition) is 6. The van der Waals surface area contributed by atoms with Gasteiger partial charge < -0.3 is 10.6 Å². The average molecular weight is 498 g/mol. The molecule has 0 atom stereocenters. The molecule has 1 spiro atoms. The highest BCUT2D eigenvalue weighted by Crippen LogP contribution is 2.46. The number of aromatic nitrogens is 4. The van der Waals surface area contributed by atoms with Crippen LogP contribution in [0.15, 0.2) is 18.3 Å². The van der Waals surface area contributed by atoms with Gasteiger partial charge in [0.15, 0.2) is 11.6 Å². The Morgan fingerprint density at radius 1 is 1.03 bits per heavy atom. The van der Waals surface area contributed by atoms with E-state index in [1.165, 1.54) is 38.5 Å². The first-order valence-corrected chi connectivity index (χ1v) is 13.3. The SMILES string of the molecule is CC.CC.Cc1nc(C(=N)c2ccc3nn(C)cc3c2Cl)c(N)nc1N1CCC2(CCCC2)CC1. The minimum Gasteiger partial charge on any atom is -0.382 e. The van der Waals surface area contributed by atoms with E-state index < -0.39 is 0 Å². The summed E-state index contributed by atoms with van der Waals surface area (Å²) in [6.45, 7) is 11.9. The number of nitrogen functional groups attached to an aromatic ring is 1. The van der Waals surface area contributed by atoms with E-state index in [-0.39, 0.29) is 11.5 Å². The van der Waals surface area contributed by atoms with E-state index in [2.05, 4.69) is 10.00 Å². The molecule has 2 aromatic heterocycles. The zero-order valence-corrected chi connectivity index (χ0v) is 22.8. The second-order valence-electron chi connectivity index (χ2n) is 9.10. The summed E-state index contributed by atoms with van der Waals surface area (Å²) in [7, 11) is 1.85. The Morgan fingerprint density at radius 3 is 2.29 bits per heavy atom. The van der Waals surface area contributed by atoms with Crippen molar-refractivity contribution in [1.29, 1.82) is 5.41 Å². The van der Waals surface area contributed by atoms with Crippen molar-refractivity contribution < 1.29 is 0 Å². The summed E-state index contributed by atoms with van der Waals surface area (Å²) in [6.07, 6.45) is 9.76. The zero-order valence-electron chi connectivity index (χ0n) is 22.1. The van der Waals surface area contributed by atoms with Crippen LogP contribution in [0.1, 0.15) is 83.2 Å². The predicted molar refractivity (Wildman–Crippen MR) is 148 cm³/mol. The van der Waals surface area contributed by atoms with Crippen LogP contribution in [0.3, 0.4) is 0 Å². The molecule has 3 heterocycles. The number of piperidine rings is 1. The molecule has 2 aliphatic rings. The summed E-state index contributed by atoms with van der Waals surface area (Å²) in [5, 5.41) is 14.4. The Kier molecular flexibility index (Phi) is 8.75. The molecule has 5 rings (SSSR count). The van der Waals surface area contributed by atoms with Gasteiger partial charge in [-0.25, -0.2) is 9.97 Å². The first-order valence-electron chi connectivity index (χ1n) is 13.0. The molecule has 7 nitrogen and oxygen atoms in total. The summed E-state index contributed by atoms with van der Waals surface area (Å²) in [5.41, 5.74) is 9.59. The fraction of sp³-hybridized carbons (Fsp3) is 0.556. The van der Waals surface area contributed by atoms with Crippen LogP contribution in [0.4, 0.5) is 11.6 Å². The minimum absolute atomic E-state index is 0.180. The lowest BCUT2D eigenvalue weighted by molar-refractivity contribution is 0.226. The van der Waals surface area contributed by atoms with Crippen LogP contribution in [-0.2, 0) is 7.05 Å². The maximum absolute atomic E-state index is 8.75. The number of fused-ring (bicyclic) bond motifs is 1. The fourth-order valence-corrected chi connectivity index (χ4v) is 5.63. The minimum atomic E-state index is 0.180. The van der Waals surface area contributed by atoms with Gasteiger partial charge in [0.25, 0.3) is 0 Å². The van der Waals surface area contributed by atoms with Crippen LogP contribution in [0.5, 0.6) is 0 Å². The number of rotatable bonds is 3. The van der Waals surface area contributed by atoms with Crippen LogP contribution in [0, 0.1) is 17.7 Å². The number of nitrogens with two attached hydrogens (primary N) is 1. The van der Waals surface area contributed by atoms with Crippen LogP contribution in [0.2, 0.25) is 5.02 Å². The fourth-order valence-electron chi connectivity index (χ4n) is 5.32. The molecule has 0 unspecified atom stereocenters. The van der Waals surface area contributed by atoms with Crippen LogP contribution in [0.25, 0.3) is 10.9 Å². The van der Waals surface area contributed by atoms with Crippen molar-refractivity contribution in [1.82, 2.24) is 19.7 Å². The molecular formula is C27H40ClN7. The third-order valence-corrected chi connectivity index (χ3v) is 7.51. The molecule has 8 heteroatoms. The zero-order chi connectivity index (χ0) is 25.8. The van der Waals surface area contributed by atoms with E-state index >= 15 is 0 Å². The standard InChI is InChI=1S/C23H28ClN7.2C2H6/c1-14-22(31-11-9-23(10-12-31)7-3-4-8-23)28-21(26)20(27-14)19(25)15-5-6-17-16(18(15)24)13-30(2)29-17;2*1-2/h5-6,13,25H,3-4,7-12H2,1-2H3,(H2,26,28);2*1-2H3. The first-order chi connectivity index (χ1) is 16.9. The molecule has 1 saturated carbocycles. The Balaban J connectivity index is 0.000000815. The third kappa shape index (κ3) is 5.30. The van der Waals surface area contributed by atoms with E-state index in [1.54, 1.807) is 10.7 Å². The van der Waals surface area contributed by atoms with Gasteiger partial charge in [-0.15, -0.1) is 0 Å². The Labute approximate surface area is 214 Å². The number of halogens is 1. The molecule has 3 aromatic rings. The van der Waals surface area contributed by atoms with Crippen molar-refractivity contribution >= 4 is 39.9 Å². The van der Waals surface area contributed by atoms with Crippen molar-refractivity contribution in [2.45, 2.75) is 73.1 Å². The monoisotopic (exact) mass is 497 g/mol. The quantitative estimate of drug-likeness (QED) is 0.400. The largest absolute Gasteiger partial charge is 0.382 e. The van der Waals surface area contributed by atoms with Gasteiger partial charge in [0.2, 0.25) is 0 Å². The van der Waals surface area contributed by atoms with Gasteiger partial charge in [-0.05, 0) is 50.2 Å². The molecule has 35 heavy (non-hydrogen) atoms. The smallest absolute Gasteiger partial charge is 0.154 e. The normalized spacial score (nSPS) is 16.5. The van der Waals surface area contributed by atoms with Crippen molar-refractivity contribution in [3.05, 3.63) is 40.3 Å². The molecule has 3 N–H and O–H groups in total. The maximum atomic E-state index is 8.75. The van der Waals surface area contributed by atoms with Crippen molar-refractivity contribution in [2.24, 2.45) is 12.5 Å². The lowest BCUT2D eigenvalue weighted by atomic mass is 9.77. The van der Waals surface area contributed by atoms with Gasteiger partial charge in [-0.1, -0.05) is 52.1 Å². The highest BCUT2D eigenvalue weighted by molar-refractivity contribution is 6.39. The first kappa shape index (κ1) is 26.9. The van der Waals surface area contributed by atoms with E-state index in [0.717, 1.165) is 35.5 Å². The number of nitrogens with zero attached hydrogens (tertiary/aromatic N) is 5. The number of nitrogens with one attached hydrogen (secondary N) is 1. The van der Waals surface area contributed by atoms with E-state index in [9.17, 15) is 0 Å². The third-order valence-electron chi connectivity index (χ3n) is 7.10. The predicted octanol–water partition coefficient (Wildman–Crippen LogP) is 6.54. The maximum Gasteiger partial charge on any atom is 0.154 e. The molecule has 0 radical (unpaired) electrons. The number of anilines is 2. The topological polar surface area (TPSA) is 96.7 Å². The van der Waals surface area contributed by atoms with Gasteiger partial charge in [-0.3, -0.25) is 10.1 Å². The van der Waals surface area contributed by atoms with E-state index in [4.69, 9.17) is 32.7 Å². The van der Waals surface area contributed by atoms with Crippen molar-refractivity contribution in [2.75, 3.05) is 23.7 Å². The van der Waals surface area contributed by atoms with Crippen LogP contribution in [-0.4, -0.2) is 38.5 Å². The molecule has 1 aliphatic carbocycles. The van der Waals surface area contributed by atoms with Gasteiger partial charge in [-0.2, -0.15) is 5.10 Å². The Hall–Kier alpha value is -2.67. The lowest BCUT2D eigenvalue weighted by Crippen LogP contribution is -2.40. The molecule has 190 valence electrons. The summed E-state index contributed by atoms with van der Waals surface area (Å²) in [4.78, 5) is 11.7. The summed E-state index contributed by atoms with van der Waals surface area (Å²) >= 11 is 6.61. The second-order valence-corrected chi connectivity index (χ2v) is 9.48. The average Bonchev–Trinajstić information content (AvgIpc) is 3.50. The van der Waals surface area contributed by atoms with Crippen LogP contribution < -0.4 is 10.6 Å². The van der Waals surface area contributed by atoms with Crippen molar-refractivity contribution in [3.8, 4) is 0 Å². The van der Waals surface area contributed by atoms with Gasteiger partial charge in [0.1, 0.15) is 5.69 Å². The van der Waals surface area contributed by atoms with Gasteiger partial charge in [0, 0.05) is 37.3 Å². The highest BCUT2D eigenvalue weighted by atomic mass is 35.5. The summed E-state index contributed by atoms with van der Waals surface area (Å²) < 4.78 is 1.71. The van der Waals surface area contributed by atoms with Crippen molar-refractivity contribution in [3.63, 3.8) is 0 Å². The summed E-state index contributed by atoms with van der Waals surface area (Å²) in [6, 6.07) is 3.67. The van der Waals surface area contributed by atoms with Gasteiger partial charge >= 0.3 is 0 Å². The lowest BCUT2D eigenvalue weighted by Gasteiger charge is -2.40.